The Balaban J connectivity index is 0.00000408. The summed E-state index contributed by atoms with van der Waals surface area (Å²) in [5.74, 6) is -1.11. The molecule has 3 rings (SSSR count). The van der Waals surface area contributed by atoms with Crippen LogP contribution in [-0.2, 0) is 25.7 Å². The van der Waals surface area contributed by atoms with Crippen LogP contribution in [0.3, 0.4) is 0 Å². The van der Waals surface area contributed by atoms with Crippen molar-refractivity contribution in [2.24, 2.45) is 11.7 Å². The summed E-state index contributed by atoms with van der Waals surface area (Å²) in [6, 6.07) is 9.02. The molecule has 0 radical (unpaired) electrons. The highest BCUT2D eigenvalue weighted by Gasteiger charge is 2.56. The van der Waals surface area contributed by atoms with E-state index in [1.54, 1.807) is 6.92 Å². The van der Waals surface area contributed by atoms with E-state index in [2.05, 4.69) is 10.9 Å². The lowest BCUT2D eigenvalue weighted by atomic mass is 9.83. The number of benzene rings is 1. The maximum Gasteiger partial charge on any atom is 0.356 e. The summed E-state index contributed by atoms with van der Waals surface area (Å²) in [5, 5.41) is 16.9. The first-order valence-electron chi connectivity index (χ1n) is 10.4. The van der Waals surface area contributed by atoms with Crippen molar-refractivity contribution < 1.29 is 24.2 Å². The van der Waals surface area contributed by atoms with Gasteiger partial charge in [0.1, 0.15) is 12.3 Å². The summed E-state index contributed by atoms with van der Waals surface area (Å²) in [6.45, 7) is 2.09. The first kappa shape index (κ1) is 28.2. The number of rotatable bonds is 11. The van der Waals surface area contributed by atoms with Crippen LogP contribution in [0.2, 0.25) is 0 Å². The number of hydrazine groups is 1. The van der Waals surface area contributed by atoms with Gasteiger partial charge in [-0.15, -0.1) is 28.7 Å². The maximum atomic E-state index is 12.9. The summed E-state index contributed by atoms with van der Waals surface area (Å²) in [4.78, 5) is 39.3. The van der Waals surface area contributed by atoms with Crippen molar-refractivity contribution in [1.82, 2.24) is 15.8 Å². The summed E-state index contributed by atoms with van der Waals surface area (Å²) < 4.78 is 5.48. The molecular weight excluding hydrogens is 546 g/mol. The number of nitrogens with zero attached hydrogens (tertiary/aromatic N) is 1. The van der Waals surface area contributed by atoms with Crippen LogP contribution in [0.4, 0.5) is 0 Å². The van der Waals surface area contributed by atoms with Crippen LogP contribution in [0.25, 0.3) is 0 Å². The predicted octanol–water partition coefficient (Wildman–Crippen LogP) is 1.11. The van der Waals surface area contributed by atoms with E-state index in [0.29, 0.717) is 18.7 Å². The molecule has 186 valence electrons. The molecule has 13 heteroatoms. The van der Waals surface area contributed by atoms with Crippen LogP contribution in [0.5, 0.6) is 0 Å². The first-order chi connectivity index (χ1) is 15.8. The van der Waals surface area contributed by atoms with Crippen LogP contribution >= 0.6 is 40.5 Å². The van der Waals surface area contributed by atoms with Crippen LogP contribution in [0.1, 0.15) is 18.9 Å². The molecule has 1 saturated heterocycles. The topological polar surface area (TPSA) is 158 Å². The van der Waals surface area contributed by atoms with Crippen LogP contribution < -0.4 is 16.6 Å². The van der Waals surface area contributed by atoms with Gasteiger partial charge in [0.05, 0.1) is 23.8 Å². The van der Waals surface area contributed by atoms with Gasteiger partial charge < -0.3 is 20.5 Å². The molecule has 0 unspecified atom stereocenters. The number of fused-ring (bicyclic) bond motifs is 1. The first-order valence-corrected chi connectivity index (χ1v) is 12.3. The lowest BCUT2D eigenvalue weighted by Gasteiger charge is -2.44. The Morgan fingerprint density at radius 2 is 2.06 bits per heavy atom. The van der Waals surface area contributed by atoms with Crippen molar-refractivity contribution in [3.8, 4) is 0 Å². The average molecular weight is 575 g/mol. The Kier molecular flexibility index (Phi) is 10.9. The minimum Gasteiger partial charge on any atom is -0.456 e. The molecule has 1 aromatic rings. The van der Waals surface area contributed by atoms with Gasteiger partial charge in [0, 0.05) is 23.6 Å². The zero-order valence-corrected chi connectivity index (χ0v) is 21.8. The van der Waals surface area contributed by atoms with E-state index < -0.39 is 18.0 Å². The van der Waals surface area contributed by atoms with Gasteiger partial charge in [-0.1, -0.05) is 42.1 Å². The van der Waals surface area contributed by atoms with Crippen LogP contribution in [0.15, 0.2) is 40.9 Å². The number of β-lactam (4-membered cyclic amide) rings is 1. The number of esters is 1. The van der Waals surface area contributed by atoms with E-state index in [4.69, 9.17) is 15.9 Å². The van der Waals surface area contributed by atoms with E-state index in [1.165, 1.54) is 16.7 Å². The molecule has 2 heterocycles. The number of nitrogens with one attached hydrogen (secondary N) is 3. The van der Waals surface area contributed by atoms with Gasteiger partial charge in [-0.25, -0.2) is 10.2 Å². The molecule has 0 aliphatic carbocycles. The van der Waals surface area contributed by atoms with Gasteiger partial charge in [-0.3, -0.25) is 20.4 Å². The van der Waals surface area contributed by atoms with Gasteiger partial charge in [0.2, 0.25) is 11.8 Å². The number of nitrogens with two attached hydrogens (primary N) is 1. The van der Waals surface area contributed by atoms with E-state index in [0.717, 1.165) is 22.2 Å². The van der Waals surface area contributed by atoms with Crippen molar-refractivity contribution in [2.75, 3.05) is 18.1 Å². The average Bonchev–Trinajstić information content (AvgIpc) is 3.10. The summed E-state index contributed by atoms with van der Waals surface area (Å²) in [6.07, 6.45) is -0.321. The van der Waals surface area contributed by atoms with Crippen molar-refractivity contribution in [1.29, 1.82) is 5.41 Å². The van der Waals surface area contributed by atoms with Gasteiger partial charge in [-0.2, -0.15) is 0 Å². The molecule has 0 bridgehead atoms. The van der Waals surface area contributed by atoms with Gasteiger partial charge in [0.25, 0.3) is 0 Å². The largest absolute Gasteiger partial charge is 0.456 e. The summed E-state index contributed by atoms with van der Waals surface area (Å²) in [5.41, 5.74) is 11.6. The minimum atomic E-state index is -0.797. The SMILES string of the molecule is Br.C[C@@H](O)[C@H]1C(=O)N2C(C(=O)OCc3ccccc3)=C(SCCNNC(=O)CSC(=N)N)C[C@H]12. The lowest BCUT2D eigenvalue weighted by molar-refractivity contribution is -0.162. The third-order valence-corrected chi connectivity index (χ3v) is 7.02. The van der Waals surface area contributed by atoms with Gasteiger partial charge in [-0.05, 0) is 12.5 Å². The van der Waals surface area contributed by atoms with Crippen molar-refractivity contribution in [3.05, 3.63) is 46.5 Å². The van der Waals surface area contributed by atoms with E-state index in [9.17, 15) is 19.5 Å². The molecule has 2 aliphatic heterocycles. The number of carbonyl (C=O) groups is 3. The molecule has 34 heavy (non-hydrogen) atoms. The van der Waals surface area contributed by atoms with Crippen LogP contribution in [-0.4, -0.2) is 63.2 Å². The Morgan fingerprint density at radius 3 is 2.71 bits per heavy atom. The van der Waals surface area contributed by atoms with Crippen molar-refractivity contribution in [3.63, 3.8) is 0 Å². The second-order valence-corrected chi connectivity index (χ2v) is 9.76. The Morgan fingerprint density at radius 1 is 1.35 bits per heavy atom. The van der Waals surface area contributed by atoms with Crippen molar-refractivity contribution in [2.45, 2.75) is 32.1 Å². The molecule has 1 fully saturated rings. The number of hydrogen-bond donors (Lipinski definition) is 5. The second kappa shape index (κ2) is 13.1. The lowest BCUT2D eigenvalue weighted by Crippen LogP contribution is -2.61. The predicted molar refractivity (Wildman–Crippen MR) is 137 cm³/mol. The summed E-state index contributed by atoms with van der Waals surface area (Å²) >= 11 is 2.33. The summed E-state index contributed by atoms with van der Waals surface area (Å²) in [7, 11) is 0. The van der Waals surface area contributed by atoms with E-state index >= 15 is 0 Å². The minimum absolute atomic E-state index is 0. The molecule has 0 spiro atoms. The number of ether oxygens (including phenoxy) is 1. The Bertz CT molecular complexity index is 947. The molecular formula is C21H28BrN5O5S2. The van der Waals surface area contributed by atoms with E-state index in [1.807, 2.05) is 30.3 Å². The highest BCUT2D eigenvalue weighted by atomic mass is 79.9. The molecule has 3 atom stereocenters. The van der Waals surface area contributed by atoms with Crippen LogP contribution in [0, 0.1) is 11.3 Å². The number of thioether (sulfide) groups is 2. The van der Waals surface area contributed by atoms with Gasteiger partial charge >= 0.3 is 5.97 Å². The number of carbonyl (C=O) groups excluding carboxylic acids is 3. The molecule has 2 aliphatic rings. The number of hydrogen-bond acceptors (Lipinski definition) is 9. The number of halogens is 1. The number of aliphatic hydroxyl groups is 1. The Labute approximate surface area is 216 Å². The standard InChI is InChI=1S/C21H27N5O5S2.BrH/c1-12(27)17-14-9-15(32-8-7-24-25-16(28)11-33-21(22)23)18(26(14)19(17)29)20(30)31-10-13-5-3-2-4-6-13;/h2-6,12,14,17,24,27H,7-11H2,1H3,(H3,22,23)(H,25,28);1H/t12-,14-,17-;/m1./s1. The Hall–Kier alpha value is -2.06. The quantitative estimate of drug-likeness (QED) is 0.0652. The third-order valence-electron chi connectivity index (χ3n) is 5.18. The van der Waals surface area contributed by atoms with Crippen molar-refractivity contribution >= 4 is 63.5 Å². The molecule has 0 aromatic heterocycles. The smallest absolute Gasteiger partial charge is 0.356 e. The molecule has 6 N–H and O–H groups in total. The monoisotopic (exact) mass is 573 g/mol. The molecule has 10 nitrogen and oxygen atoms in total. The molecule has 0 saturated carbocycles. The fourth-order valence-corrected chi connectivity index (χ4v) is 5.12. The zero-order valence-electron chi connectivity index (χ0n) is 18.5. The third kappa shape index (κ3) is 6.98. The maximum absolute atomic E-state index is 12.9. The molecule has 2 amide bonds. The van der Waals surface area contributed by atoms with E-state index in [-0.39, 0.29) is 58.1 Å². The number of aliphatic hydroxyl groups excluding tert-OH is 1. The fraction of sp³-hybridized carbons (Fsp3) is 0.429. The molecule has 1 aromatic carbocycles. The number of amidine groups is 1. The van der Waals surface area contributed by atoms with Gasteiger partial charge in [0.15, 0.2) is 5.17 Å². The highest BCUT2D eigenvalue weighted by Crippen LogP contribution is 2.47. The highest BCUT2D eigenvalue weighted by molar-refractivity contribution is 8.93. The fourth-order valence-electron chi connectivity index (χ4n) is 3.71. The zero-order chi connectivity index (χ0) is 24.0. The second-order valence-electron chi connectivity index (χ2n) is 7.56. The number of amides is 2. The normalized spacial score (nSPS) is 19.6.